The quantitative estimate of drug-likeness (QED) is 0.636. The molecule has 0 atom stereocenters. The predicted octanol–water partition coefficient (Wildman–Crippen LogP) is 4.56. The van der Waals surface area contributed by atoms with Crippen LogP contribution in [0.25, 0.3) is 0 Å². The van der Waals surface area contributed by atoms with Crippen LogP contribution in [0, 0.1) is 0 Å². The van der Waals surface area contributed by atoms with Crippen LogP contribution in [0.1, 0.15) is 20.3 Å². The summed E-state index contributed by atoms with van der Waals surface area (Å²) < 4.78 is 12.7. The van der Waals surface area contributed by atoms with Crippen LogP contribution in [0.3, 0.4) is 0 Å². The van der Waals surface area contributed by atoms with Crippen molar-refractivity contribution < 1.29 is 8.23 Å². The molecule has 0 aromatic heterocycles. The fourth-order valence-electron chi connectivity index (χ4n) is 2.08. The van der Waals surface area contributed by atoms with E-state index >= 15 is 0 Å². The van der Waals surface area contributed by atoms with Gasteiger partial charge in [-0.2, -0.15) is 0 Å². The maximum atomic E-state index is 6.39. The Morgan fingerprint density at radius 3 is 1.56 bits per heavy atom. The summed E-state index contributed by atoms with van der Waals surface area (Å²) in [6, 6.07) is 2.41. The van der Waals surface area contributed by atoms with Crippen LogP contribution >= 0.6 is 0 Å². The van der Waals surface area contributed by atoms with Gasteiger partial charge in [-0.1, -0.05) is 20.3 Å². The van der Waals surface area contributed by atoms with E-state index in [-0.39, 0.29) is 0 Å². The Hall–Kier alpha value is 0.571. The lowest BCUT2D eigenvalue weighted by atomic mass is 10.6. The van der Waals surface area contributed by atoms with Crippen molar-refractivity contribution in [2.45, 2.75) is 71.6 Å². The predicted molar refractivity (Wildman–Crippen MR) is 80.2 cm³/mol. The molecule has 0 amide bonds. The smallest absolute Gasteiger partial charge is 0.311 e. The molecule has 0 spiro atoms. The first-order chi connectivity index (χ1) is 7.04. The van der Waals surface area contributed by atoms with Gasteiger partial charge in [0.2, 0.25) is 0 Å². The third-order valence-electron chi connectivity index (χ3n) is 2.75. The maximum Gasteiger partial charge on any atom is 0.311 e. The van der Waals surface area contributed by atoms with Gasteiger partial charge in [-0.3, -0.25) is 0 Å². The molecule has 0 radical (unpaired) electrons. The highest BCUT2D eigenvalue weighted by molar-refractivity contribution is 6.87. The van der Waals surface area contributed by atoms with Crippen molar-refractivity contribution in [2.24, 2.45) is 0 Å². The summed E-state index contributed by atoms with van der Waals surface area (Å²) in [6.07, 6.45) is 1.22. The SMILES string of the molecule is CCC[Si](C)(C)O[Si](C)(C)O[Si](C)(C)CC. The summed E-state index contributed by atoms with van der Waals surface area (Å²) in [5.41, 5.74) is 0. The molecule has 0 aromatic carbocycles. The van der Waals surface area contributed by atoms with E-state index in [0.717, 1.165) is 0 Å². The minimum Gasteiger partial charge on any atom is -0.437 e. The Morgan fingerprint density at radius 1 is 0.750 bits per heavy atom. The lowest BCUT2D eigenvalue weighted by Gasteiger charge is -2.38. The molecule has 0 fully saturated rings. The fraction of sp³-hybridized carbons (Fsp3) is 1.00. The van der Waals surface area contributed by atoms with Gasteiger partial charge < -0.3 is 8.23 Å². The van der Waals surface area contributed by atoms with Crippen molar-refractivity contribution >= 4 is 25.2 Å². The molecule has 0 saturated heterocycles. The average molecular weight is 279 g/mol. The zero-order chi connectivity index (χ0) is 13.0. The van der Waals surface area contributed by atoms with Gasteiger partial charge in [-0.05, 0) is 51.4 Å². The van der Waals surface area contributed by atoms with Crippen molar-refractivity contribution in [2.75, 3.05) is 0 Å². The first-order valence-corrected chi connectivity index (χ1v) is 15.5. The van der Waals surface area contributed by atoms with Gasteiger partial charge >= 0.3 is 8.56 Å². The average Bonchev–Trinajstić information content (AvgIpc) is 1.99. The van der Waals surface area contributed by atoms with E-state index in [1.165, 1.54) is 18.5 Å². The zero-order valence-electron chi connectivity index (χ0n) is 12.4. The molecule has 0 unspecified atom stereocenters. The molecule has 0 aliphatic rings. The molecule has 0 rings (SSSR count). The van der Waals surface area contributed by atoms with Crippen LogP contribution in [-0.2, 0) is 8.23 Å². The first-order valence-electron chi connectivity index (χ1n) is 6.44. The van der Waals surface area contributed by atoms with E-state index < -0.39 is 25.2 Å². The first kappa shape index (κ1) is 16.6. The Morgan fingerprint density at radius 2 is 1.19 bits per heavy atom. The van der Waals surface area contributed by atoms with Crippen LogP contribution in [0.5, 0.6) is 0 Å². The lowest BCUT2D eigenvalue weighted by molar-refractivity contribution is 0.388. The van der Waals surface area contributed by atoms with Crippen LogP contribution in [0.4, 0.5) is 0 Å². The molecule has 0 saturated carbocycles. The molecule has 2 nitrogen and oxygen atoms in total. The van der Waals surface area contributed by atoms with Gasteiger partial charge in [0, 0.05) is 0 Å². The van der Waals surface area contributed by atoms with Gasteiger partial charge in [0.15, 0.2) is 16.6 Å². The molecular weight excluding hydrogens is 248 g/mol. The molecule has 5 heteroatoms. The van der Waals surface area contributed by atoms with Gasteiger partial charge in [0.1, 0.15) is 0 Å². The molecule has 0 heterocycles. The summed E-state index contributed by atoms with van der Waals surface area (Å²) in [7, 11) is -4.88. The number of hydrogen-bond acceptors (Lipinski definition) is 2. The van der Waals surface area contributed by atoms with Crippen LogP contribution < -0.4 is 0 Å². The van der Waals surface area contributed by atoms with Crippen molar-refractivity contribution in [3.05, 3.63) is 0 Å². The van der Waals surface area contributed by atoms with Crippen LogP contribution in [0.2, 0.25) is 51.4 Å². The van der Waals surface area contributed by atoms with Crippen molar-refractivity contribution in [3.63, 3.8) is 0 Å². The van der Waals surface area contributed by atoms with Gasteiger partial charge in [0.25, 0.3) is 0 Å². The summed E-state index contributed by atoms with van der Waals surface area (Å²) >= 11 is 0. The van der Waals surface area contributed by atoms with Crippen LogP contribution in [-0.4, -0.2) is 25.2 Å². The standard InChI is InChI=1S/C11H30O2Si3/c1-9-11-15(5,6)13-16(7,8)12-14(3,4)10-2/h9-11H2,1-8H3. The van der Waals surface area contributed by atoms with Crippen molar-refractivity contribution in [1.82, 2.24) is 0 Å². The highest BCUT2D eigenvalue weighted by Crippen LogP contribution is 2.24. The van der Waals surface area contributed by atoms with E-state index in [0.29, 0.717) is 0 Å². The van der Waals surface area contributed by atoms with E-state index in [1.54, 1.807) is 0 Å². The van der Waals surface area contributed by atoms with Crippen LogP contribution in [0.15, 0.2) is 0 Å². The highest BCUT2D eigenvalue weighted by Gasteiger charge is 2.38. The van der Waals surface area contributed by atoms with E-state index in [4.69, 9.17) is 8.23 Å². The topological polar surface area (TPSA) is 18.5 Å². The van der Waals surface area contributed by atoms with E-state index in [1.807, 2.05) is 0 Å². The molecule has 0 aliphatic carbocycles. The number of hydrogen-bond donors (Lipinski definition) is 0. The van der Waals surface area contributed by atoms with Gasteiger partial charge in [-0.15, -0.1) is 0 Å². The summed E-state index contributed by atoms with van der Waals surface area (Å²) in [5.74, 6) is 0. The molecule has 0 aromatic rings. The van der Waals surface area contributed by atoms with E-state index in [9.17, 15) is 0 Å². The van der Waals surface area contributed by atoms with Gasteiger partial charge in [-0.25, -0.2) is 0 Å². The normalized spacial score (nSPS) is 14.2. The third-order valence-corrected chi connectivity index (χ3v) is 14.5. The second-order valence-electron chi connectivity index (χ2n) is 6.23. The molecule has 0 bridgehead atoms. The second kappa shape index (κ2) is 5.95. The molecule has 16 heavy (non-hydrogen) atoms. The largest absolute Gasteiger partial charge is 0.437 e. The molecule has 0 aliphatic heterocycles. The van der Waals surface area contributed by atoms with Gasteiger partial charge in [0.05, 0.1) is 0 Å². The summed E-state index contributed by atoms with van der Waals surface area (Å²) in [4.78, 5) is 0. The minimum absolute atomic E-state index is 1.17. The third kappa shape index (κ3) is 7.01. The fourth-order valence-corrected chi connectivity index (χ4v) is 15.5. The Balaban J connectivity index is 4.45. The maximum absolute atomic E-state index is 6.39. The van der Waals surface area contributed by atoms with Crippen molar-refractivity contribution in [3.8, 4) is 0 Å². The minimum atomic E-state index is -1.91. The monoisotopic (exact) mass is 278 g/mol. The zero-order valence-corrected chi connectivity index (χ0v) is 15.4. The highest BCUT2D eigenvalue weighted by atomic mass is 28.5. The Bertz CT molecular complexity index is 215. The molecule has 0 N–H and O–H groups in total. The van der Waals surface area contributed by atoms with Crippen molar-refractivity contribution in [1.29, 1.82) is 0 Å². The van der Waals surface area contributed by atoms with E-state index in [2.05, 4.69) is 53.1 Å². The Kier molecular flexibility index (Phi) is 6.16. The number of rotatable bonds is 7. The summed E-state index contributed by atoms with van der Waals surface area (Å²) in [6.45, 7) is 18.1. The molecule has 98 valence electrons. The summed E-state index contributed by atoms with van der Waals surface area (Å²) in [5, 5.41) is 0. The lowest BCUT2D eigenvalue weighted by Crippen LogP contribution is -2.52. The molecular formula is C11H30O2Si3. The second-order valence-corrected chi connectivity index (χ2v) is 18.9. The Labute approximate surface area is 105 Å².